The summed E-state index contributed by atoms with van der Waals surface area (Å²) in [6, 6.07) is 11.5. The molecule has 0 radical (unpaired) electrons. The number of alkyl carbamates (subject to hydrolysis) is 1. The summed E-state index contributed by atoms with van der Waals surface area (Å²) in [5, 5.41) is 25.2. The average molecular weight is 551 g/mol. The molecule has 2 rings (SSSR count). The predicted molar refractivity (Wildman–Crippen MR) is 153 cm³/mol. The molecule has 3 amide bonds. The van der Waals surface area contributed by atoms with Crippen molar-refractivity contribution >= 4 is 17.9 Å². The van der Waals surface area contributed by atoms with Crippen molar-refractivity contribution in [3.63, 3.8) is 0 Å². The van der Waals surface area contributed by atoms with Crippen molar-refractivity contribution in [2.75, 3.05) is 6.54 Å². The molecule has 0 spiro atoms. The normalized spacial score (nSPS) is 13.3. The van der Waals surface area contributed by atoms with Crippen molar-refractivity contribution < 1.29 is 24.2 Å². The molecule has 3 unspecified atom stereocenters. The molecular formula is C31H42N4O5. The number of ether oxygens (including phenoxy) is 1. The van der Waals surface area contributed by atoms with Gasteiger partial charge in [0.1, 0.15) is 30.0 Å². The molecule has 0 aliphatic rings. The molecule has 9 heteroatoms. The van der Waals surface area contributed by atoms with Crippen LogP contribution in [0.2, 0.25) is 0 Å². The van der Waals surface area contributed by atoms with Gasteiger partial charge in [0.05, 0.1) is 6.07 Å². The van der Waals surface area contributed by atoms with Crippen molar-refractivity contribution in [1.29, 1.82) is 5.26 Å². The first kappa shape index (κ1) is 32.2. The molecule has 2 aromatic carbocycles. The lowest BCUT2D eigenvalue weighted by molar-refractivity contribution is -0.142. The van der Waals surface area contributed by atoms with Gasteiger partial charge in [-0.05, 0) is 82.3 Å². The van der Waals surface area contributed by atoms with Gasteiger partial charge in [-0.25, -0.2) is 4.79 Å². The Morgan fingerprint density at radius 3 is 2.17 bits per heavy atom. The zero-order valence-electron chi connectivity index (χ0n) is 24.6. The molecule has 9 nitrogen and oxygen atoms in total. The molecule has 0 heterocycles. The van der Waals surface area contributed by atoms with Crippen LogP contribution in [0.4, 0.5) is 4.79 Å². The molecule has 0 aliphatic carbocycles. The van der Waals surface area contributed by atoms with Crippen LogP contribution in [-0.4, -0.2) is 52.1 Å². The van der Waals surface area contributed by atoms with E-state index in [1.165, 1.54) is 17.0 Å². The van der Waals surface area contributed by atoms with E-state index in [1.54, 1.807) is 32.9 Å². The minimum absolute atomic E-state index is 0.0492. The number of aryl methyl sites for hydroxylation is 2. The lowest BCUT2D eigenvalue weighted by atomic mass is 9.93. The van der Waals surface area contributed by atoms with Gasteiger partial charge in [0.25, 0.3) is 0 Å². The largest absolute Gasteiger partial charge is 0.508 e. The van der Waals surface area contributed by atoms with Gasteiger partial charge in [-0.15, -0.1) is 0 Å². The Morgan fingerprint density at radius 2 is 1.65 bits per heavy atom. The fraction of sp³-hybridized carbons (Fsp3) is 0.484. The summed E-state index contributed by atoms with van der Waals surface area (Å²) in [5.41, 5.74) is 2.09. The number of carbonyl (C=O) groups is 3. The van der Waals surface area contributed by atoms with E-state index in [0.29, 0.717) is 11.1 Å². The maximum atomic E-state index is 14.2. The zero-order valence-corrected chi connectivity index (χ0v) is 24.6. The van der Waals surface area contributed by atoms with Crippen molar-refractivity contribution in [1.82, 2.24) is 15.5 Å². The van der Waals surface area contributed by atoms with Gasteiger partial charge in [0.2, 0.25) is 11.8 Å². The Kier molecular flexibility index (Phi) is 11.5. The summed E-state index contributed by atoms with van der Waals surface area (Å²) in [7, 11) is 0. The van der Waals surface area contributed by atoms with Crippen molar-refractivity contribution in [2.45, 2.75) is 91.5 Å². The SMILES string of the molecule is CCCC(C)NC(=O)C(c1c(C)cccc1C)N(CC#N)C(=O)C(Cc1ccc(O)cc1)NC(=O)OC(C)(C)C. The first-order valence-corrected chi connectivity index (χ1v) is 13.6. The maximum Gasteiger partial charge on any atom is 0.408 e. The highest BCUT2D eigenvalue weighted by Gasteiger charge is 2.38. The van der Waals surface area contributed by atoms with Crippen LogP contribution in [0.5, 0.6) is 5.75 Å². The molecule has 3 N–H and O–H groups in total. The number of nitriles is 1. The Hall–Kier alpha value is -4.06. The van der Waals surface area contributed by atoms with Gasteiger partial charge in [0.15, 0.2) is 0 Å². The molecule has 0 bridgehead atoms. The quantitative estimate of drug-likeness (QED) is 0.343. The molecule has 0 saturated heterocycles. The second kappa shape index (κ2) is 14.4. The number of phenols is 1. The van der Waals surface area contributed by atoms with Crippen molar-refractivity contribution in [3.05, 3.63) is 64.7 Å². The van der Waals surface area contributed by atoms with Crippen LogP contribution in [0.3, 0.4) is 0 Å². The second-order valence-electron chi connectivity index (χ2n) is 11.1. The fourth-order valence-corrected chi connectivity index (χ4v) is 4.60. The minimum atomic E-state index is -1.15. The summed E-state index contributed by atoms with van der Waals surface area (Å²) in [6.45, 7) is 12.4. The average Bonchev–Trinajstić information content (AvgIpc) is 2.84. The third-order valence-electron chi connectivity index (χ3n) is 6.38. The molecule has 0 aromatic heterocycles. The topological polar surface area (TPSA) is 132 Å². The number of amides is 3. The molecule has 0 saturated carbocycles. The van der Waals surface area contributed by atoms with E-state index < -0.39 is 35.6 Å². The summed E-state index contributed by atoms with van der Waals surface area (Å²) in [6.07, 6.45) is 0.866. The predicted octanol–water partition coefficient (Wildman–Crippen LogP) is 4.84. The monoisotopic (exact) mass is 550 g/mol. The number of nitrogens with one attached hydrogen (secondary N) is 2. The zero-order chi connectivity index (χ0) is 30.0. The van der Waals surface area contributed by atoms with Crippen LogP contribution in [0, 0.1) is 25.2 Å². The smallest absolute Gasteiger partial charge is 0.408 e. The van der Waals surface area contributed by atoms with E-state index in [1.807, 2.05) is 52.0 Å². The first-order valence-electron chi connectivity index (χ1n) is 13.6. The Labute approximate surface area is 237 Å². The molecule has 2 aromatic rings. The van der Waals surface area contributed by atoms with E-state index in [4.69, 9.17) is 4.74 Å². The van der Waals surface area contributed by atoms with Crippen LogP contribution in [0.15, 0.2) is 42.5 Å². The molecular weight excluding hydrogens is 508 g/mol. The maximum absolute atomic E-state index is 14.2. The number of hydrogen-bond donors (Lipinski definition) is 3. The number of nitrogens with zero attached hydrogens (tertiary/aromatic N) is 2. The van der Waals surface area contributed by atoms with Crippen LogP contribution < -0.4 is 10.6 Å². The summed E-state index contributed by atoms with van der Waals surface area (Å²) in [5.74, 6) is -0.945. The summed E-state index contributed by atoms with van der Waals surface area (Å²) >= 11 is 0. The van der Waals surface area contributed by atoms with Crippen LogP contribution in [0.1, 0.15) is 75.8 Å². The van der Waals surface area contributed by atoms with E-state index in [2.05, 4.69) is 10.6 Å². The van der Waals surface area contributed by atoms with Crippen molar-refractivity contribution in [3.8, 4) is 11.8 Å². The molecule has 3 atom stereocenters. The van der Waals surface area contributed by atoms with Crippen LogP contribution in [-0.2, 0) is 20.7 Å². The standard InChI is InChI=1S/C31H42N4O5/c1-8-10-22(4)33-28(37)27(26-20(2)11-9-12-21(26)3)35(18-17-32)29(38)25(34-30(39)40-31(5,6)7)19-23-13-15-24(36)16-14-23/h9,11-16,22,25,27,36H,8,10,18-19H2,1-7H3,(H,33,37)(H,34,39). The first-order chi connectivity index (χ1) is 18.8. The van der Waals surface area contributed by atoms with Gasteiger partial charge in [-0.2, -0.15) is 5.26 Å². The third kappa shape index (κ3) is 9.30. The molecule has 40 heavy (non-hydrogen) atoms. The van der Waals surface area contributed by atoms with Crippen LogP contribution >= 0.6 is 0 Å². The fourth-order valence-electron chi connectivity index (χ4n) is 4.60. The molecule has 0 fully saturated rings. The number of aromatic hydroxyl groups is 1. The Morgan fingerprint density at radius 1 is 1.05 bits per heavy atom. The Bertz CT molecular complexity index is 1190. The van der Waals surface area contributed by atoms with Gasteiger partial charge < -0.3 is 25.4 Å². The van der Waals surface area contributed by atoms with Gasteiger partial charge in [0, 0.05) is 12.5 Å². The minimum Gasteiger partial charge on any atom is -0.508 e. The summed E-state index contributed by atoms with van der Waals surface area (Å²) in [4.78, 5) is 42.1. The van der Waals surface area contributed by atoms with E-state index in [0.717, 1.165) is 24.0 Å². The number of benzene rings is 2. The van der Waals surface area contributed by atoms with E-state index in [-0.39, 0.29) is 24.8 Å². The second-order valence-corrected chi connectivity index (χ2v) is 11.1. The van der Waals surface area contributed by atoms with Crippen LogP contribution in [0.25, 0.3) is 0 Å². The highest BCUT2D eigenvalue weighted by atomic mass is 16.6. The van der Waals surface area contributed by atoms with Gasteiger partial charge in [-0.1, -0.05) is 43.7 Å². The number of phenolic OH excluding ortho intramolecular Hbond substituents is 1. The number of hydrogen-bond acceptors (Lipinski definition) is 6. The number of rotatable bonds is 11. The van der Waals surface area contributed by atoms with Gasteiger partial charge >= 0.3 is 6.09 Å². The summed E-state index contributed by atoms with van der Waals surface area (Å²) < 4.78 is 5.42. The number of carbonyl (C=O) groups excluding carboxylic acids is 3. The third-order valence-corrected chi connectivity index (χ3v) is 6.38. The molecule has 0 aliphatic heterocycles. The lowest BCUT2D eigenvalue weighted by Crippen LogP contribution is -2.54. The van der Waals surface area contributed by atoms with Gasteiger partial charge in [-0.3, -0.25) is 9.59 Å². The Balaban J connectivity index is 2.60. The highest BCUT2D eigenvalue weighted by Crippen LogP contribution is 2.29. The van der Waals surface area contributed by atoms with Crippen molar-refractivity contribution in [2.24, 2.45) is 0 Å². The molecule has 216 valence electrons. The van der Waals surface area contributed by atoms with E-state index in [9.17, 15) is 24.8 Å². The van der Waals surface area contributed by atoms with E-state index >= 15 is 0 Å². The highest BCUT2D eigenvalue weighted by molar-refractivity contribution is 5.93. The lowest BCUT2D eigenvalue weighted by Gasteiger charge is -2.35.